The van der Waals surface area contributed by atoms with Gasteiger partial charge in [0.05, 0.1) is 0 Å². The van der Waals surface area contributed by atoms with E-state index in [1.54, 1.807) is 0 Å². The lowest BCUT2D eigenvalue weighted by Crippen LogP contribution is -2.46. The predicted octanol–water partition coefficient (Wildman–Crippen LogP) is 2.65. The van der Waals surface area contributed by atoms with Gasteiger partial charge < -0.3 is 4.79 Å². The fourth-order valence-electron chi connectivity index (χ4n) is 3.39. The van der Waals surface area contributed by atoms with Crippen LogP contribution in [0.5, 0.6) is 0 Å². The molecule has 0 heterocycles. The standard InChI is InChI=1S/C11H18O/c1-11(2)9-5-3-8(4-6-9)10(11)7-12/h7-10H,3-6H2,1-2H3. The smallest absolute Gasteiger partial charge is 0.123 e. The summed E-state index contributed by atoms with van der Waals surface area (Å²) in [5.41, 5.74) is 0.295. The first-order valence-electron chi connectivity index (χ1n) is 5.11. The third kappa shape index (κ3) is 0.949. The van der Waals surface area contributed by atoms with E-state index in [4.69, 9.17) is 0 Å². The molecule has 12 heavy (non-hydrogen) atoms. The average Bonchev–Trinajstić information content (AvgIpc) is 2.05. The van der Waals surface area contributed by atoms with Gasteiger partial charge in [-0.05, 0) is 42.9 Å². The summed E-state index contributed by atoms with van der Waals surface area (Å²) in [7, 11) is 0. The van der Waals surface area contributed by atoms with E-state index < -0.39 is 0 Å². The zero-order valence-corrected chi connectivity index (χ0v) is 8.05. The molecular formula is C11H18O. The molecule has 0 aliphatic heterocycles. The summed E-state index contributed by atoms with van der Waals surface area (Å²) >= 11 is 0. The summed E-state index contributed by atoms with van der Waals surface area (Å²) in [5.74, 6) is 1.88. The van der Waals surface area contributed by atoms with Crippen LogP contribution in [-0.2, 0) is 4.79 Å². The van der Waals surface area contributed by atoms with E-state index in [2.05, 4.69) is 13.8 Å². The SMILES string of the molecule is CC1(C)C2CCC(CC2)C1C=O. The van der Waals surface area contributed by atoms with E-state index >= 15 is 0 Å². The Kier molecular flexibility index (Phi) is 1.78. The molecule has 0 amide bonds. The van der Waals surface area contributed by atoms with Crippen LogP contribution in [-0.4, -0.2) is 6.29 Å². The summed E-state index contributed by atoms with van der Waals surface area (Å²) in [6, 6.07) is 0. The largest absolute Gasteiger partial charge is 0.303 e. The number of aldehydes is 1. The third-order valence-electron chi connectivity index (χ3n) is 4.34. The monoisotopic (exact) mass is 166 g/mol. The molecule has 1 nitrogen and oxygen atoms in total. The summed E-state index contributed by atoms with van der Waals surface area (Å²) in [5, 5.41) is 0. The average molecular weight is 166 g/mol. The van der Waals surface area contributed by atoms with Gasteiger partial charge in [0.2, 0.25) is 0 Å². The Morgan fingerprint density at radius 2 is 1.75 bits per heavy atom. The van der Waals surface area contributed by atoms with Crippen LogP contribution in [0, 0.1) is 23.2 Å². The Hall–Kier alpha value is -0.330. The van der Waals surface area contributed by atoms with Crippen molar-refractivity contribution in [1.82, 2.24) is 0 Å². The van der Waals surface area contributed by atoms with Crippen molar-refractivity contribution in [3.05, 3.63) is 0 Å². The Labute approximate surface area is 74.5 Å². The summed E-state index contributed by atoms with van der Waals surface area (Å²) in [6.07, 6.45) is 6.55. The van der Waals surface area contributed by atoms with Crippen molar-refractivity contribution in [2.75, 3.05) is 0 Å². The zero-order chi connectivity index (χ0) is 8.77. The predicted molar refractivity (Wildman–Crippen MR) is 48.8 cm³/mol. The molecule has 3 aliphatic carbocycles. The first-order valence-corrected chi connectivity index (χ1v) is 5.11. The summed E-state index contributed by atoms with van der Waals surface area (Å²) in [6.45, 7) is 4.56. The maximum Gasteiger partial charge on any atom is 0.123 e. The molecule has 1 atom stereocenters. The van der Waals surface area contributed by atoms with Gasteiger partial charge in [-0.15, -0.1) is 0 Å². The van der Waals surface area contributed by atoms with E-state index in [-0.39, 0.29) is 0 Å². The van der Waals surface area contributed by atoms with Gasteiger partial charge in [0, 0.05) is 5.92 Å². The van der Waals surface area contributed by atoms with Gasteiger partial charge in [-0.25, -0.2) is 0 Å². The molecule has 0 saturated heterocycles. The first-order chi connectivity index (χ1) is 5.66. The normalized spacial score (nSPS) is 44.3. The summed E-state index contributed by atoms with van der Waals surface area (Å²) in [4.78, 5) is 11.0. The quantitative estimate of drug-likeness (QED) is 0.547. The highest BCUT2D eigenvalue weighted by molar-refractivity contribution is 5.56. The molecular weight excluding hydrogens is 148 g/mol. The van der Waals surface area contributed by atoms with Gasteiger partial charge in [0.25, 0.3) is 0 Å². The number of carbonyl (C=O) groups is 1. The molecule has 0 N–H and O–H groups in total. The maximum absolute atomic E-state index is 11.0. The molecule has 0 radical (unpaired) electrons. The lowest BCUT2D eigenvalue weighted by molar-refractivity contribution is -0.126. The lowest BCUT2D eigenvalue weighted by atomic mass is 9.52. The van der Waals surface area contributed by atoms with Crippen molar-refractivity contribution in [3.63, 3.8) is 0 Å². The molecule has 3 rings (SSSR count). The first kappa shape index (κ1) is 8.28. The van der Waals surface area contributed by atoms with Gasteiger partial charge in [-0.2, -0.15) is 0 Å². The van der Waals surface area contributed by atoms with Crippen LogP contribution in [0.15, 0.2) is 0 Å². The second kappa shape index (κ2) is 2.58. The minimum Gasteiger partial charge on any atom is -0.303 e. The Balaban J connectivity index is 2.27. The second-order valence-corrected chi connectivity index (χ2v) is 5.09. The van der Waals surface area contributed by atoms with Crippen molar-refractivity contribution in [2.45, 2.75) is 39.5 Å². The molecule has 0 aromatic rings. The van der Waals surface area contributed by atoms with E-state index in [0.29, 0.717) is 17.3 Å². The Morgan fingerprint density at radius 3 is 2.08 bits per heavy atom. The van der Waals surface area contributed by atoms with Crippen molar-refractivity contribution < 1.29 is 4.79 Å². The minimum absolute atomic E-state index is 0.295. The van der Waals surface area contributed by atoms with E-state index in [1.165, 1.54) is 32.0 Å². The van der Waals surface area contributed by atoms with Crippen LogP contribution >= 0.6 is 0 Å². The number of hydrogen-bond acceptors (Lipinski definition) is 1. The van der Waals surface area contributed by atoms with Crippen LogP contribution in [0.1, 0.15) is 39.5 Å². The Morgan fingerprint density at radius 1 is 1.17 bits per heavy atom. The lowest BCUT2D eigenvalue weighted by Gasteiger charge is -2.52. The molecule has 0 aromatic carbocycles. The molecule has 3 aliphatic rings. The molecule has 3 fully saturated rings. The highest BCUT2D eigenvalue weighted by Gasteiger charge is 2.48. The van der Waals surface area contributed by atoms with Crippen molar-refractivity contribution in [3.8, 4) is 0 Å². The van der Waals surface area contributed by atoms with Gasteiger partial charge in [-0.3, -0.25) is 0 Å². The number of carbonyl (C=O) groups excluding carboxylic acids is 1. The molecule has 68 valence electrons. The molecule has 0 aromatic heterocycles. The fourth-order valence-corrected chi connectivity index (χ4v) is 3.39. The number of fused-ring (bicyclic) bond motifs is 3. The molecule has 2 bridgehead atoms. The van der Waals surface area contributed by atoms with Gasteiger partial charge >= 0.3 is 0 Å². The number of rotatable bonds is 1. The van der Waals surface area contributed by atoms with Crippen LogP contribution in [0.4, 0.5) is 0 Å². The summed E-state index contributed by atoms with van der Waals surface area (Å²) < 4.78 is 0. The topological polar surface area (TPSA) is 17.1 Å². The molecule has 1 heteroatoms. The fraction of sp³-hybridized carbons (Fsp3) is 0.909. The maximum atomic E-state index is 11.0. The van der Waals surface area contributed by atoms with Gasteiger partial charge in [-0.1, -0.05) is 13.8 Å². The zero-order valence-electron chi connectivity index (χ0n) is 8.05. The van der Waals surface area contributed by atoms with Crippen molar-refractivity contribution >= 4 is 6.29 Å². The highest BCUT2D eigenvalue weighted by Crippen LogP contribution is 2.54. The van der Waals surface area contributed by atoms with E-state index in [9.17, 15) is 4.79 Å². The van der Waals surface area contributed by atoms with Crippen LogP contribution < -0.4 is 0 Å². The minimum atomic E-state index is 0.295. The Bertz CT molecular complexity index is 187. The van der Waals surface area contributed by atoms with Gasteiger partial charge in [0.1, 0.15) is 6.29 Å². The van der Waals surface area contributed by atoms with Crippen molar-refractivity contribution in [1.29, 1.82) is 0 Å². The molecule has 3 saturated carbocycles. The number of hydrogen-bond donors (Lipinski definition) is 0. The highest BCUT2D eigenvalue weighted by atomic mass is 16.1. The van der Waals surface area contributed by atoms with E-state index in [1.807, 2.05) is 0 Å². The van der Waals surface area contributed by atoms with E-state index in [0.717, 1.165) is 5.92 Å². The van der Waals surface area contributed by atoms with Crippen molar-refractivity contribution in [2.24, 2.45) is 23.2 Å². The third-order valence-corrected chi connectivity index (χ3v) is 4.34. The van der Waals surface area contributed by atoms with Crippen LogP contribution in [0.3, 0.4) is 0 Å². The molecule has 0 spiro atoms. The van der Waals surface area contributed by atoms with Crippen LogP contribution in [0.2, 0.25) is 0 Å². The van der Waals surface area contributed by atoms with Crippen LogP contribution in [0.25, 0.3) is 0 Å². The second-order valence-electron chi connectivity index (χ2n) is 5.09. The molecule has 1 unspecified atom stereocenters. The van der Waals surface area contributed by atoms with Gasteiger partial charge in [0.15, 0.2) is 0 Å².